The molecule has 108 valence electrons. The molecule has 0 amide bonds. The van der Waals surface area contributed by atoms with Crippen LogP contribution in [0.15, 0.2) is 0 Å². The smallest absolute Gasteiger partial charge is 0.0158 e. The van der Waals surface area contributed by atoms with E-state index in [9.17, 15) is 0 Å². The summed E-state index contributed by atoms with van der Waals surface area (Å²) in [5.74, 6) is 0.984. The highest BCUT2D eigenvalue weighted by Crippen LogP contribution is 2.66. The summed E-state index contributed by atoms with van der Waals surface area (Å²) in [6, 6.07) is 0.864. The average Bonchev–Trinajstić information content (AvgIpc) is 2.62. The molecule has 0 aromatic carbocycles. The minimum Gasteiger partial charge on any atom is -0.314 e. The van der Waals surface area contributed by atoms with Gasteiger partial charge in [-0.1, -0.05) is 20.8 Å². The molecule has 3 unspecified atom stereocenters. The van der Waals surface area contributed by atoms with Crippen molar-refractivity contribution in [3.63, 3.8) is 0 Å². The Morgan fingerprint density at radius 1 is 1.06 bits per heavy atom. The Kier molecular flexibility index (Phi) is 5.03. The van der Waals surface area contributed by atoms with Crippen molar-refractivity contribution in [2.24, 2.45) is 16.7 Å². The molecule has 3 aliphatic rings. The summed E-state index contributed by atoms with van der Waals surface area (Å²) in [7, 11) is 0. The van der Waals surface area contributed by atoms with E-state index in [1.54, 1.807) is 0 Å². The number of rotatable bonds is 1. The van der Waals surface area contributed by atoms with Gasteiger partial charge in [-0.15, -0.1) is 24.8 Å². The van der Waals surface area contributed by atoms with Crippen LogP contribution in [0.4, 0.5) is 0 Å². The maximum Gasteiger partial charge on any atom is 0.0158 e. The van der Waals surface area contributed by atoms with Crippen LogP contribution in [0.25, 0.3) is 0 Å². The third-order valence-corrected chi connectivity index (χ3v) is 6.34. The first-order valence-electron chi connectivity index (χ1n) is 7.00. The van der Waals surface area contributed by atoms with Gasteiger partial charge in [-0.05, 0) is 36.0 Å². The molecule has 1 N–H and O–H groups in total. The third kappa shape index (κ3) is 2.09. The molecule has 3 atom stereocenters. The third-order valence-electron chi connectivity index (χ3n) is 6.34. The van der Waals surface area contributed by atoms with Crippen LogP contribution in [0.5, 0.6) is 0 Å². The number of hydrogen-bond acceptors (Lipinski definition) is 2. The molecule has 1 aliphatic heterocycles. The minimum absolute atomic E-state index is 0. The first-order chi connectivity index (χ1) is 7.56. The molecule has 0 spiro atoms. The quantitative estimate of drug-likeness (QED) is 0.800. The number of piperazine rings is 1. The lowest BCUT2D eigenvalue weighted by Gasteiger charge is -2.46. The molecule has 0 radical (unpaired) electrons. The Morgan fingerprint density at radius 3 is 2.11 bits per heavy atom. The summed E-state index contributed by atoms with van der Waals surface area (Å²) >= 11 is 0. The Bertz CT molecular complexity index is 290. The Hall–Kier alpha value is 0.500. The first kappa shape index (κ1) is 16.6. The van der Waals surface area contributed by atoms with Gasteiger partial charge in [0, 0.05) is 32.2 Å². The molecule has 4 heteroatoms. The molecule has 0 aromatic rings. The van der Waals surface area contributed by atoms with Crippen molar-refractivity contribution in [2.45, 2.75) is 46.1 Å². The molecular weight excluding hydrogens is 267 g/mol. The zero-order chi connectivity index (χ0) is 11.4. The monoisotopic (exact) mass is 294 g/mol. The fourth-order valence-electron chi connectivity index (χ4n) is 4.71. The molecule has 2 aliphatic carbocycles. The second kappa shape index (κ2) is 5.47. The largest absolute Gasteiger partial charge is 0.314 e. The van der Waals surface area contributed by atoms with Gasteiger partial charge in [-0.3, -0.25) is 4.90 Å². The highest BCUT2D eigenvalue weighted by atomic mass is 35.5. The lowest BCUT2D eigenvalue weighted by molar-refractivity contribution is 0.0363. The maximum atomic E-state index is 3.47. The van der Waals surface area contributed by atoms with Gasteiger partial charge < -0.3 is 5.32 Å². The van der Waals surface area contributed by atoms with Crippen molar-refractivity contribution in [1.29, 1.82) is 0 Å². The van der Waals surface area contributed by atoms with Gasteiger partial charge in [0.25, 0.3) is 0 Å². The van der Waals surface area contributed by atoms with Gasteiger partial charge in [0.15, 0.2) is 0 Å². The molecular formula is C14H28Cl2N2. The lowest BCUT2D eigenvalue weighted by Crippen LogP contribution is -2.54. The van der Waals surface area contributed by atoms with Crippen LogP contribution in [-0.2, 0) is 0 Å². The van der Waals surface area contributed by atoms with Crippen LogP contribution in [-0.4, -0.2) is 37.1 Å². The number of nitrogens with zero attached hydrogens (tertiary/aromatic N) is 1. The van der Waals surface area contributed by atoms with E-state index in [4.69, 9.17) is 0 Å². The van der Waals surface area contributed by atoms with Crippen molar-refractivity contribution in [3.05, 3.63) is 0 Å². The van der Waals surface area contributed by atoms with E-state index >= 15 is 0 Å². The van der Waals surface area contributed by atoms with Crippen LogP contribution in [0.2, 0.25) is 0 Å². The van der Waals surface area contributed by atoms with Gasteiger partial charge in [0.05, 0.1) is 0 Å². The van der Waals surface area contributed by atoms with E-state index in [1.165, 1.54) is 45.4 Å². The van der Waals surface area contributed by atoms with Crippen molar-refractivity contribution in [1.82, 2.24) is 10.2 Å². The topological polar surface area (TPSA) is 15.3 Å². The normalized spacial score (nSPS) is 42.2. The first-order valence-corrected chi connectivity index (χ1v) is 7.00. The van der Waals surface area contributed by atoms with Crippen LogP contribution < -0.4 is 5.32 Å². The zero-order valence-corrected chi connectivity index (χ0v) is 13.5. The minimum atomic E-state index is 0. The molecule has 1 saturated heterocycles. The maximum absolute atomic E-state index is 3.47. The van der Waals surface area contributed by atoms with Crippen LogP contribution >= 0.6 is 24.8 Å². The standard InChI is InChI=1S/C14H26N2.2ClH/c1-13(2)11-4-5-14(13,3)12(10-11)16-8-6-15-7-9-16;;/h11-12,15H,4-10H2,1-3H3;2*1H. The van der Waals surface area contributed by atoms with Gasteiger partial charge in [0.2, 0.25) is 0 Å². The molecule has 1 heterocycles. The number of nitrogens with one attached hydrogen (secondary N) is 1. The average molecular weight is 295 g/mol. The summed E-state index contributed by atoms with van der Waals surface area (Å²) in [6.45, 7) is 12.5. The summed E-state index contributed by atoms with van der Waals surface area (Å²) in [4.78, 5) is 2.78. The van der Waals surface area contributed by atoms with Gasteiger partial charge >= 0.3 is 0 Å². The Labute approximate surface area is 124 Å². The molecule has 3 rings (SSSR count). The fourth-order valence-corrected chi connectivity index (χ4v) is 4.71. The molecule has 2 saturated carbocycles. The summed E-state index contributed by atoms with van der Waals surface area (Å²) in [6.07, 6.45) is 4.40. The van der Waals surface area contributed by atoms with Crippen LogP contribution in [0, 0.1) is 16.7 Å². The van der Waals surface area contributed by atoms with Gasteiger partial charge in [-0.2, -0.15) is 0 Å². The van der Waals surface area contributed by atoms with Crippen molar-refractivity contribution < 1.29 is 0 Å². The lowest BCUT2D eigenvalue weighted by atomic mass is 9.68. The van der Waals surface area contributed by atoms with Crippen molar-refractivity contribution in [3.8, 4) is 0 Å². The second-order valence-electron chi connectivity index (χ2n) is 6.91. The zero-order valence-electron chi connectivity index (χ0n) is 11.9. The van der Waals surface area contributed by atoms with E-state index in [0.717, 1.165) is 12.0 Å². The van der Waals surface area contributed by atoms with Crippen LogP contribution in [0.3, 0.4) is 0 Å². The fraction of sp³-hybridized carbons (Fsp3) is 1.00. The van der Waals surface area contributed by atoms with E-state index in [2.05, 4.69) is 31.0 Å². The summed E-state index contributed by atoms with van der Waals surface area (Å²) < 4.78 is 0. The highest BCUT2D eigenvalue weighted by Gasteiger charge is 2.62. The summed E-state index contributed by atoms with van der Waals surface area (Å²) in [5.41, 5.74) is 1.15. The molecule has 2 nitrogen and oxygen atoms in total. The SMILES string of the molecule is CC1(C)C2CCC1(C)C(N1CCNCC1)C2.Cl.Cl. The Balaban J connectivity index is 0.000000810. The number of fused-ring (bicyclic) bond motifs is 2. The van der Waals surface area contributed by atoms with Crippen molar-refractivity contribution >= 4 is 24.8 Å². The predicted octanol–water partition coefficient (Wildman–Crippen LogP) is 2.95. The van der Waals surface area contributed by atoms with E-state index in [0.29, 0.717) is 10.8 Å². The van der Waals surface area contributed by atoms with E-state index in [1.807, 2.05) is 0 Å². The van der Waals surface area contributed by atoms with E-state index in [-0.39, 0.29) is 24.8 Å². The molecule has 3 fully saturated rings. The predicted molar refractivity (Wildman–Crippen MR) is 82.0 cm³/mol. The van der Waals surface area contributed by atoms with Gasteiger partial charge in [-0.25, -0.2) is 0 Å². The molecule has 18 heavy (non-hydrogen) atoms. The highest BCUT2D eigenvalue weighted by molar-refractivity contribution is 5.85. The number of hydrogen-bond donors (Lipinski definition) is 1. The summed E-state index contributed by atoms with van der Waals surface area (Å²) in [5, 5.41) is 3.47. The van der Waals surface area contributed by atoms with Crippen molar-refractivity contribution in [2.75, 3.05) is 26.2 Å². The Morgan fingerprint density at radius 2 is 1.67 bits per heavy atom. The van der Waals surface area contributed by atoms with Crippen LogP contribution in [0.1, 0.15) is 40.0 Å². The molecule has 2 bridgehead atoms. The molecule has 0 aromatic heterocycles. The van der Waals surface area contributed by atoms with Gasteiger partial charge in [0.1, 0.15) is 0 Å². The second-order valence-corrected chi connectivity index (χ2v) is 6.91. The number of halogens is 2. The van der Waals surface area contributed by atoms with E-state index < -0.39 is 0 Å².